The standard InChI is InChI=1S/C18H21NO4/c1-4-22-11-14-16(13-9-7-6-8-10-13)15(18(21)23-5-2)12(3)19-17(14)20/h6-11,16H,4-5H2,1-3H3,(H,19,20)/b14-11+/t16-/m1/s1. The molecule has 0 aromatic heterocycles. The largest absolute Gasteiger partial charge is 0.501 e. The fraction of sp³-hybridized carbons (Fsp3) is 0.333. The normalized spacial score (nSPS) is 19.5. The zero-order valence-electron chi connectivity index (χ0n) is 13.6. The van der Waals surface area contributed by atoms with Crippen LogP contribution in [0.2, 0.25) is 0 Å². The van der Waals surface area contributed by atoms with E-state index in [1.807, 2.05) is 37.3 Å². The zero-order valence-corrected chi connectivity index (χ0v) is 13.6. The van der Waals surface area contributed by atoms with Crippen LogP contribution in [-0.2, 0) is 19.1 Å². The third-order valence-corrected chi connectivity index (χ3v) is 3.57. The summed E-state index contributed by atoms with van der Waals surface area (Å²) in [7, 11) is 0. The Balaban J connectivity index is 2.58. The number of hydrogen-bond acceptors (Lipinski definition) is 4. The first-order chi connectivity index (χ1) is 11.1. The Morgan fingerprint density at radius 1 is 1.22 bits per heavy atom. The van der Waals surface area contributed by atoms with E-state index in [4.69, 9.17) is 9.47 Å². The van der Waals surface area contributed by atoms with E-state index in [9.17, 15) is 9.59 Å². The van der Waals surface area contributed by atoms with E-state index >= 15 is 0 Å². The second-order valence-electron chi connectivity index (χ2n) is 5.09. The molecular formula is C18H21NO4. The van der Waals surface area contributed by atoms with Gasteiger partial charge in [-0.15, -0.1) is 0 Å². The maximum absolute atomic E-state index is 12.4. The van der Waals surface area contributed by atoms with Crippen molar-refractivity contribution in [3.05, 3.63) is 59.0 Å². The Hall–Kier alpha value is -2.56. The lowest BCUT2D eigenvalue weighted by atomic mass is 9.81. The minimum atomic E-state index is -0.504. The predicted molar refractivity (Wildman–Crippen MR) is 86.4 cm³/mol. The highest BCUT2D eigenvalue weighted by Gasteiger charge is 2.37. The van der Waals surface area contributed by atoms with Gasteiger partial charge in [0, 0.05) is 5.70 Å². The van der Waals surface area contributed by atoms with E-state index in [0.29, 0.717) is 23.5 Å². The number of esters is 1. The molecule has 23 heavy (non-hydrogen) atoms. The summed E-state index contributed by atoms with van der Waals surface area (Å²) in [6.45, 7) is 6.01. The van der Waals surface area contributed by atoms with Gasteiger partial charge >= 0.3 is 5.97 Å². The van der Waals surface area contributed by atoms with Crippen molar-refractivity contribution in [1.29, 1.82) is 0 Å². The van der Waals surface area contributed by atoms with Gasteiger partial charge in [-0.25, -0.2) is 4.79 Å². The van der Waals surface area contributed by atoms with Crippen LogP contribution in [0.1, 0.15) is 32.3 Å². The van der Waals surface area contributed by atoms with Crippen LogP contribution >= 0.6 is 0 Å². The minimum Gasteiger partial charge on any atom is -0.501 e. The van der Waals surface area contributed by atoms with E-state index in [0.717, 1.165) is 5.56 Å². The van der Waals surface area contributed by atoms with Crippen molar-refractivity contribution in [1.82, 2.24) is 5.32 Å². The van der Waals surface area contributed by atoms with Gasteiger partial charge in [0.2, 0.25) is 0 Å². The molecule has 0 unspecified atom stereocenters. The van der Waals surface area contributed by atoms with Gasteiger partial charge < -0.3 is 14.8 Å². The minimum absolute atomic E-state index is 0.266. The van der Waals surface area contributed by atoms with Crippen LogP contribution in [0, 0.1) is 0 Å². The number of carbonyl (C=O) groups is 2. The molecule has 0 radical (unpaired) electrons. The average Bonchev–Trinajstić information content (AvgIpc) is 2.54. The fourth-order valence-corrected chi connectivity index (χ4v) is 2.58. The average molecular weight is 315 g/mol. The van der Waals surface area contributed by atoms with Gasteiger partial charge in [-0.2, -0.15) is 0 Å². The summed E-state index contributed by atoms with van der Waals surface area (Å²) >= 11 is 0. The SMILES string of the molecule is CCO/C=C1/C(=O)NC(C)=C(C(=O)OCC)[C@@H]1c1ccccc1. The van der Waals surface area contributed by atoms with Crippen LogP contribution in [0.15, 0.2) is 53.4 Å². The Morgan fingerprint density at radius 2 is 1.91 bits per heavy atom. The summed E-state index contributed by atoms with van der Waals surface area (Å²) in [5, 5.41) is 2.72. The van der Waals surface area contributed by atoms with E-state index in [2.05, 4.69) is 5.32 Å². The van der Waals surface area contributed by atoms with Crippen molar-refractivity contribution in [3.8, 4) is 0 Å². The molecule has 2 rings (SSSR count). The zero-order chi connectivity index (χ0) is 16.8. The van der Waals surface area contributed by atoms with Gasteiger partial charge in [0.15, 0.2) is 0 Å². The summed E-state index contributed by atoms with van der Waals surface area (Å²) in [6.07, 6.45) is 1.43. The second-order valence-corrected chi connectivity index (χ2v) is 5.09. The summed E-state index contributed by atoms with van der Waals surface area (Å²) in [6, 6.07) is 9.40. The third-order valence-electron chi connectivity index (χ3n) is 3.57. The van der Waals surface area contributed by atoms with E-state index < -0.39 is 11.9 Å². The van der Waals surface area contributed by atoms with Gasteiger partial charge in [-0.3, -0.25) is 4.79 Å². The number of benzene rings is 1. The molecule has 0 saturated carbocycles. The van der Waals surface area contributed by atoms with Crippen LogP contribution in [0.4, 0.5) is 0 Å². The van der Waals surface area contributed by atoms with Crippen LogP contribution in [0.3, 0.4) is 0 Å². The Kier molecular flexibility index (Phi) is 5.57. The van der Waals surface area contributed by atoms with Gasteiger partial charge in [0.05, 0.1) is 36.5 Å². The van der Waals surface area contributed by atoms with Crippen molar-refractivity contribution in [3.63, 3.8) is 0 Å². The molecule has 0 bridgehead atoms. The Morgan fingerprint density at radius 3 is 2.52 bits per heavy atom. The van der Waals surface area contributed by atoms with Gasteiger partial charge in [0.1, 0.15) is 0 Å². The van der Waals surface area contributed by atoms with Crippen LogP contribution in [0.5, 0.6) is 0 Å². The second kappa shape index (κ2) is 7.63. The Labute approximate surface area is 136 Å². The number of allylic oxidation sites excluding steroid dienone is 1. The van der Waals surface area contributed by atoms with E-state index in [1.54, 1.807) is 13.8 Å². The first kappa shape index (κ1) is 16.8. The van der Waals surface area contributed by atoms with Crippen molar-refractivity contribution < 1.29 is 19.1 Å². The molecule has 0 fully saturated rings. The van der Waals surface area contributed by atoms with Gasteiger partial charge in [-0.1, -0.05) is 30.3 Å². The highest BCUT2D eigenvalue weighted by Crippen LogP contribution is 2.37. The molecule has 1 atom stereocenters. The maximum atomic E-state index is 12.4. The number of amides is 1. The highest BCUT2D eigenvalue weighted by atomic mass is 16.5. The lowest BCUT2D eigenvalue weighted by molar-refractivity contribution is -0.139. The molecule has 0 aliphatic carbocycles. The number of hydrogen-bond donors (Lipinski definition) is 1. The Bertz CT molecular complexity index is 646. The van der Waals surface area contributed by atoms with Crippen molar-refractivity contribution in [2.24, 2.45) is 0 Å². The first-order valence-corrected chi connectivity index (χ1v) is 7.66. The summed E-state index contributed by atoms with van der Waals surface area (Å²) in [5.41, 5.74) is 2.18. The summed E-state index contributed by atoms with van der Waals surface area (Å²) in [5.74, 6) is -1.20. The predicted octanol–water partition coefficient (Wildman–Crippen LogP) is 2.66. The number of ether oxygens (including phenoxy) is 2. The summed E-state index contributed by atoms with van der Waals surface area (Å²) in [4.78, 5) is 24.8. The highest BCUT2D eigenvalue weighted by molar-refractivity contribution is 6.04. The van der Waals surface area contributed by atoms with Crippen LogP contribution in [-0.4, -0.2) is 25.1 Å². The molecule has 1 heterocycles. The lowest BCUT2D eigenvalue weighted by Crippen LogP contribution is -2.36. The van der Waals surface area contributed by atoms with Crippen molar-refractivity contribution >= 4 is 11.9 Å². The summed E-state index contributed by atoms with van der Waals surface area (Å²) < 4.78 is 10.5. The molecule has 1 aliphatic heterocycles. The molecule has 5 nitrogen and oxygen atoms in total. The maximum Gasteiger partial charge on any atom is 0.336 e. The molecule has 5 heteroatoms. The van der Waals surface area contributed by atoms with Gasteiger partial charge in [0.25, 0.3) is 5.91 Å². The van der Waals surface area contributed by atoms with E-state index in [-0.39, 0.29) is 12.5 Å². The fourth-order valence-electron chi connectivity index (χ4n) is 2.58. The van der Waals surface area contributed by atoms with Gasteiger partial charge in [-0.05, 0) is 26.3 Å². The smallest absolute Gasteiger partial charge is 0.336 e. The molecule has 1 aromatic rings. The first-order valence-electron chi connectivity index (χ1n) is 7.66. The lowest BCUT2D eigenvalue weighted by Gasteiger charge is -2.28. The van der Waals surface area contributed by atoms with Crippen LogP contribution in [0.25, 0.3) is 0 Å². The topological polar surface area (TPSA) is 64.6 Å². The van der Waals surface area contributed by atoms with Crippen molar-refractivity contribution in [2.45, 2.75) is 26.7 Å². The molecule has 1 aliphatic rings. The van der Waals surface area contributed by atoms with Crippen molar-refractivity contribution in [2.75, 3.05) is 13.2 Å². The van der Waals surface area contributed by atoms with Crippen LogP contribution < -0.4 is 5.32 Å². The molecule has 0 spiro atoms. The van der Waals surface area contributed by atoms with E-state index in [1.165, 1.54) is 6.26 Å². The molecule has 122 valence electrons. The number of nitrogens with one attached hydrogen (secondary N) is 1. The molecule has 1 amide bonds. The molecule has 1 aromatic carbocycles. The third kappa shape index (κ3) is 3.62. The number of carbonyl (C=O) groups excluding carboxylic acids is 2. The molecule has 0 saturated heterocycles. The quantitative estimate of drug-likeness (QED) is 0.515. The molecule has 1 N–H and O–H groups in total. The molecular weight excluding hydrogens is 294 g/mol. The monoisotopic (exact) mass is 315 g/mol. The number of rotatable bonds is 5.